The summed E-state index contributed by atoms with van der Waals surface area (Å²) in [5.74, 6) is 2.89. The van der Waals surface area contributed by atoms with Crippen LogP contribution in [-0.2, 0) is 18.6 Å². The molecule has 4 aromatic rings. The lowest BCUT2D eigenvalue weighted by Crippen LogP contribution is -2.36. The molecular weight excluding hydrogens is 448 g/mol. The number of hydrogen-bond donors (Lipinski definition) is 1. The first-order valence-corrected chi connectivity index (χ1v) is 11.9. The normalized spacial score (nSPS) is 14.2. The summed E-state index contributed by atoms with van der Waals surface area (Å²) >= 11 is 0. The lowest BCUT2D eigenvalue weighted by atomic mass is 10.0. The maximum atomic E-state index is 13.1. The summed E-state index contributed by atoms with van der Waals surface area (Å²) in [6, 6.07) is 9.28. The Bertz CT molecular complexity index is 1370. The van der Waals surface area contributed by atoms with Gasteiger partial charge < -0.3 is 18.9 Å². The van der Waals surface area contributed by atoms with Crippen molar-refractivity contribution in [1.82, 2.24) is 30.1 Å². The zero-order valence-electron chi connectivity index (χ0n) is 20.4. The third kappa shape index (κ3) is 4.41. The maximum absolute atomic E-state index is 13.1. The summed E-state index contributed by atoms with van der Waals surface area (Å²) in [4.78, 5) is 18.3. The van der Waals surface area contributed by atoms with Gasteiger partial charge >= 0.3 is 0 Å². The van der Waals surface area contributed by atoms with Crippen LogP contribution in [0.2, 0.25) is 0 Å². The van der Waals surface area contributed by atoms with Gasteiger partial charge in [0.2, 0.25) is 6.79 Å². The van der Waals surface area contributed by atoms with E-state index in [1.807, 2.05) is 28.9 Å². The van der Waals surface area contributed by atoms with Gasteiger partial charge in [-0.15, -0.1) is 5.10 Å². The average molecular weight is 479 g/mol. The molecular formula is C25H30N6O4. The van der Waals surface area contributed by atoms with E-state index in [4.69, 9.17) is 13.9 Å². The number of rotatable bonds is 9. The van der Waals surface area contributed by atoms with Crippen LogP contribution in [-0.4, -0.2) is 36.9 Å². The van der Waals surface area contributed by atoms with E-state index in [1.165, 1.54) is 0 Å². The molecule has 1 N–H and O–H groups in total. The van der Waals surface area contributed by atoms with Gasteiger partial charge in [-0.3, -0.25) is 9.69 Å². The van der Waals surface area contributed by atoms with E-state index in [0.29, 0.717) is 35.7 Å². The Morgan fingerprint density at radius 1 is 1.17 bits per heavy atom. The van der Waals surface area contributed by atoms with Crippen LogP contribution in [0.4, 0.5) is 0 Å². The highest BCUT2D eigenvalue weighted by Gasteiger charge is 2.31. The Hall–Kier alpha value is -3.66. The number of hydrogen-bond acceptors (Lipinski definition) is 8. The van der Waals surface area contributed by atoms with Gasteiger partial charge in [0.1, 0.15) is 5.76 Å². The number of tetrazole rings is 1. The molecule has 0 spiro atoms. The predicted octanol–water partition coefficient (Wildman–Crippen LogP) is 4.13. The van der Waals surface area contributed by atoms with Crippen molar-refractivity contribution in [2.45, 2.75) is 65.2 Å². The highest BCUT2D eigenvalue weighted by molar-refractivity contribution is 5.83. The smallest absolute Gasteiger partial charge is 0.252 e. The van der Waals surface area contributed by atoms with Crippen molar-refractivity contribution in [3.63, 3.8) is 0 Å². The second-order valence-electron chi connectivity index (χ2n) is 9.44. The zero-order chi connectivity index (χ0) is 24.6. The molecule has 184 valence electrons. The summed E-state index contributed by atoms with van der Waals surface area (Å²) in [5.41, 5.74) is 0.950. The maximum Gasteiger partial charge on any atom is 0.252 e. The van der Waals surface area contributed by atoms with Gasteiger partial charge in [-0.2, -0.15) is 0 Å². The molecule has 0 radical (unpaired) electrons. The van der Waals surface area contributed by atoms with Crippen LogP contribution in [0.3, 0.4) is 0 Å². The summed E-state index contributed by atoms with van der Waals surface area (Å²) in [6.07, 6.45) is 3.29. The van der Waals surface area contributed by atoms with E-state index in [1.54, 1.807) is 12.3 Å². The molecule has 0 saturated heterocycles. The quantitative estimate of drug-likeness (QED) is 0.382. The lowest BCUT2D eigenvalue weighted by molar-refractivity contribution is 0.140. The molecule has 5 rings (SSSR count). The van der Waals surface area contributed by atoms with Gasteiger partial charge in [0, 0.05) is 23.6 Å². The molecule has 10 heteroatoms. The molecule has 35 heavy (non-hydrogen) atoms. The van der Waals surface area contributed by atoms with E-state index in [-0.39, 0.29) is 23.9 Å². The van der Waals surface area contributed by atoms with Crippen LogP contribution in [0, 0.1) is 0 Å². The fourth-order valence-electron chi connectivity index (χ4n) is 4.44. The van der Waals surface area contributed by atoms with Gasteiger partial charge in [0.05, 0.1) is 29.9 Å². The second kappa shape index (κ2) is 9.18. The van der Waals surface area contributed by atoms with Crippen molar-refractivity contribution in [3.05, 3.63) is 64.1 Å². The molecule has 1 aliphatic heterocycles. The van der Waals surface area contributed by atoms with E-state index in [2.05, 4.69) is 53.1 Å². The molecule has 10 nitrogen and oxygen atoms in total. The summed E-state index contributed by atoms with van der Waals surface area (Å²) < 4.78 is 18.5. The average Bonchev–Trinajstić information content (AvgIpc) is 3.61. The molecule has 4 heterocycles. The van der Waals surface area contributed by atoms with E-state index in [9.17, 15) is 4.79 Å². The molecule has 3 aromatic heterocycles. The van der Waals surface area contributed by atoms with Gasteiger partial charge in [-0.05, 0) is 61.4 Å². The molecule has 1 unspecified atom stereocenters. The number of fused-ring (bicyclic) bond motifs is 2. The first-order valence-electron chi connectivity index (χ1n) is 11.9. The molecule has 1 aromatic carbocycles. The number of nitrogens with zero attached hydrogens (tertiary/aromatic N) is 5. The summed E-state index contributed by atoms with van der Waals surface area (Å²) in [6.45, 7) is 9.53. The highest BCUT2D eigenvalue weighted by Crippen LogP contribution is 2.36. The minimum absolute atomic E-state index is 0.132. The molecule has 0 fully saturated rings. The first kappa shape index (κ1) is 23.1. The van der Waals surface area contributed by atoms with E-state index < -0.39 is 0 Å². The van der Waals surface area contributed by atoms with Crippen LogP contribution in [0.5, 0.6) is 11.5 Å². The minimum atomic E-state index is -0.245. The number of benzene rings is 1. The van der Waals surface area contributed by atoms with Crippen LogP contribution in [0.15, 0.2) is 45.8 Å². The first-order chi connectivity index (χ1) is 16.9. The fraction of sp³-hybridized carbons (Fsp3) is 0.440. The summed E-state index contributed by atoms with van der Waals surface area (Å²) in [7, 11) is 0. The number of H-pyrrole nitrogens is 1. The standard InChI is InChI=1S/C25H30N6O4/c1-5-20(23-27-28-29-31(23)25(3,4)6-2)30(14-18-8-7-9-33-18)13-17-10-16-11-21-22(35-15-34-21)12-19(16)26-24(17)32/h7-12,20H,5-6,13-15H2,1-4H3,(H,26,32). The Morgan fingerprint density at radius 3 is 2.69 bits per heavy atom. The van der Waals surface area contributed by atoms with Crippen molar-refractivity contribution >= 4 is 10.9 Å². The Kier molecular flexibility index (Phi) is 6.06. The SMILES string of the molecule is CCC(c1nnnn1C(C)(C)CC)N(Cc1ccco1)Cc1cc2cc3c(cc2[nH]c1=O)OCO3. The van der Waals surface area contributed by atoms with Crippen LogP contribution < -0.4 is 15.0 Å². The van der Waals surface area contributed by atoms with Crippen molar-refractivity contribution in [3.8, 4) is 11.5 Å². The number of aromatic amines is 1. The lowest BCUT2D eigenvalue weighted by Gasteiger charge is -2.32. The molecule has 1 aliphatic rings. The number of nitrogens with one attached hydrogen (secondary N) is 1. The predicted molar refractivity (Wildman–Crippen MR) is 129 cm³/mol. The van der Waals surface area contributed by atoms with Gasteiger partial charge in [0.25, 0.3) is 5.56 Å². The number of ether oxygens (including phenoxy) is 2. The zero-order valence-corrected chi connectivity index (χ0v) is 20.4. The van der Waals surface area contributed by atoms with Crippen molar-refractivity contribution in [2.24, 2.45) is 0 Å². The molecule has 0 aliphatic carbocycles. The largest absolute Gasteiger partial charge is 0.468 e. The molecule has 0 amide bonds. The van der Waals surface area contributed by atoms with Crippen molar-refractivity contribution < 1.29 is 13.9 Å². The van der Waals surface area contributed by atoms with Gasteiger partial charge in [-0.25, -0.2) is 4.68 Å². The highest BCUT2D eigenvalue weighted by atomic mass is 16.7. The third-order valence-electron chi connectivity index (χ3n) is 6.78. The molecule has 1 atom stereocenters. The Balaban J connectivity index is 1.54. The van der Waals surface area contributed by atoms with Crippen LogP contribution in [0.25, 0.3) is 10.9 Å². The van der Waals surface area contributed by atoms with Gasteiger partial charge in [0.15, 0.2) is 17.3 Å². The third-order valence-corrected chi connectivity index (χ3v) is 6.78. The molecule has 0 bridgehead atoms. The fourth-order valence-corrected chi connectivity index (χ4v) is 4.44. The molecule has 0 saturated carbocycles. The van der Waals surface area contributed by atoms with Crippen molar-refractivity contribution in [2.75, 3.05) is 6.79 Å². The van der Waals surface area contributed by atoms with Crippen LogP contribution >= 0.6 is 0 Å². The Morgan fingerprint density at radius 2 is 1.97 bits per heavy atom. The Labute approximate surface area is 202 Å². The summed E-state index contributed by atoms with van der Waals surface area (Å²) in [5, 5.41) is 13.6. The van der Waals surface area contributed by atoms with Crippen molar-refractivity contribution in [1.29, 1.82) is 0 Å². The van der Waals surface area contributed by atoms with E-state index >= 15 is 0 Å². The van der Waals surface area contributed by atoms with Crippen LogP contribution in [0.1, 0.15) is 63.7 Å². The minimum Gasteiger partial charge on any atom is -0.468 e. The second-order valence-corrected chi connectivity index (χ2v) is 9.44. The number of aromatic nitrogens is 5. The van der Waals surface area contributed by atoms with Gasteiger partial charge in [-0.1, -0.05) is 13.8 Å². The topological polar surface area (TPSA) is 111 Å². The number of furan rings is 1. The van der Waals surface area contributed by atoms with E-state index in [0.717, 1.165) is 29.8 Å². The number of pyridine rings is 1. The monoisotopic (exact) mass is 478 g/mol.